The quantitative estimate of drug-likeness (QED) is 0.827. The number of rotatable bonds is 4. The van der Waals surface area contributed by atoms with Gasteiger partial charge in [-0.1, -0.05) is 5.16 Å². The second kappa shape index (κ2) is 4.92. The maximum absolute atomic E-state index is 9.02. The second-order valence-electron chi connectivity index (χ2n) is 3.77. The maximum atomic E-state index is 9.02. The van der Waals surface area contributed by atoms with Gasteiger partial charge in [0.25, 0.3) is 5.89 Å². The molecule has 2 aromatic rings. The minimum Gasteiger partial charge on any atom is -0.394 e. The van der Waals surface area contributed by atoms with Gasteiger partial charge in [0.15, 0.2) is 5.82 Å². The van der Waals surface area contributed by atoms with E-state index in [0.717, 1.165) is 5.56 Å². The van der Waals surface area contributed by atoms with Crippen LogP contribution in [0.25, 0.3) is 11.5 Å². The van der Waals surface area contributed by atoms with Crippen molar-refractivity contribution in [3.8, 4) is 11.5 Å². The molecule has 0 saturated heterocycles. The normalized spacial score (nSPS) is 12.4. The Morgan fingerprint density at radius 2 is 2.35 bits per heavy atom. The Kier molecular flexibility index (Phi) is 3.34. The van der Waals surface area contributed by atoms with Gasteiger partial charge in [-0.2, -0.15) is 4.98 Å². The van der Waals surface area contributed by atoms with Crippen LogP contribution in [0.3, 0.4) is 0 Å². The van der Waals surface area contributed by atoms with E-state index in [1.807, 2.05) is 13.0 Å². The largest absolute Gasteiger partial charge is 0.394 e. The number of aromatic nitrogens is 3. The van der Waals surface area contributed by atoms with Gasteiger partial charge in [0.05, 0.1) is 12.2 Å². The molecule has 2 aromatic heterocycles. The van der Waals surface area contributed by atoms with Crippen LogP contribution in [0.1, 0.15) is 12.7 Å². The molecular weight excluding hydrogens is 220 g/mol. The standard InChI is InChI=1S/C11H14N4O2/c1-7(6-16)13-10-9(4-3-5-12-10)11-14-8(2)15-17-11/h3-5,7,16H,6H2,1-2H3,(H,12,13)/t7-/m1/s1. The van der Waals surface area contributed by atoms with Crippen molar-refractivity contribution >= 4 is 5.82 Å². The molecule has 6 nitrogen and oxygen atoms in total. The van der Waals surface area contributed by atoms with E-state index < -0.39 is 0 Å². The number of nitrogens with zero attached hydrogens (tertiary/aromatic N) is 3. The lowest BCUT2D eigenvalue weighted by Gasteiger charge is -2.12. The molecule has 2 N–H and O–H groups in total. The molecule has 0 unspecified atom stereocenters. The fourth-order valence-corrected chi connectivity index (χ4v) is 1.38. The third kappa shape index (κ3) is 2.59. The van der Waals surface area contributed by atoms with Crippen LogP contribution >= 0.6 is 0 Å². The lowest BCUT2D eigenvalue weighted by molar-refractivity contribution is 0.281. The molecule has 0 aliphatic heterocycles. The highest BCUT2D eigenvalue weighted by Crippen LogP contribution is 2.24. The summed E-state index contributed by atoms with van der Waals surface area (Å²) >= 11 is 0. The number of aliphatic hydroxyl groups excluding tert-OH is 1. The molecule has 90 valence electrons. The van der Waals surface area contributed by atoms with Crippen molar-refractivity contribution in [2.45, 2.75) is 19.9 Å². The lowest BCUT2D eigenvalue weighted by atomic mass is 10.2. The molecule has 0 spiro atoms. The van der Waals surface area contributed by atoms with E-state index >= 15 is 0 Å². The van der Waals surface area contributed by atoms with Crippen LogP contribution in [-0.4, -0.2) is 32.9 Å². The van der Waals surface area contributed by atoms with Gasteiger partial charge in [0, 0.05) is 12.2 Å². The number of anilines is 1. The molecule has 0 saturated carbocycles. The van der Waals surface area contributed by atoms with Crippen LogP contribution in [0.4, 0.5) is 5.82 Å². The monoisotopic (exact) mass is 234 g/mol. The van der Waals surface area contributed by atoms with E-state index in [1.165, 1.54) is 0 Å². The zero-order valence-electron chi connectivity index (χ0n) is 9.71. The molecule has 0 aliphatic rings. The average Bonchev–Trinajstić information content (AvgIpc) is 2.76. The van der Waals surface area contributed by atoms with Crippen LogP contribution < -0.4 is 5.32 Å². The smallest absolute Gasteiger partial charge is 0.261 e. The third-order valence-corrected chi connectivity index (χ3v) is 2.22. The van der Waals surface area contributed by atoms with Crippen molar-refractivity contribution in [1.82, 2.24) is 15.1 Å². The SMILES string of the molecule is Cc1noc(-c2cccnc2N[C@H](C)CO)n1. The van der Waals surface area contributed by atoms with Crippen molar-refractivity contribution in [2.24, 2.45) is 0 Å². The summed E-state index contributed by atoms with van der Waals surface area (Å²) in [4.78, 5) is 8.36. The van der Waals surface area contributed by atoms with Crippen LogP contribution in [0.15, 0.2) is 22.9 Å². The summed E-state index contributed by atoms with van der Waals surface area (Å²) in [5.74, 6) is 1.62. The number of aliphatic hydroxyl groups is 1. The van der Waals surface area contributed by atoms with E-state index in [0.29, 0.717) is 17.5 Å². The number of pyridine rings is 1. The molecule has 0 aliphatic carbocycles. The predicted octanol–water partition coefficient (Wildman–Crippen LogP) is 1.23. The summed E-state index contributed by atoms with van der Waals surface area (Å²) in [6, 6.07) is 3.54. The number of hydrogen-bond acceptors (Lipinski definition) is 6. The molecule has 0 fully saturated rings. The Morgan fingerprint density at radius 3 is 3.00 bits per heavy atom. The minimum atomic E-state index is -0.0901. The Bertz CT molecular complexity index is 498. The Labute approximate surface area is 98.7 Å². The highest BCUT2D eigenvalue weighted by atomic mass is 16.5. The van der Waals surface area contributed by atoms with Crippen molar-refractivity contribution in [2.75, 3.05) is 11.9 Å². The van der Waals surface area contributed by atoms with Crippen LogP contribution in [0, 0.1) is 6.92 Å². The number of aryl methyl sites for hydroxylation is 1. The Morgan fingerprint density at radius 1 is 1.53 bits per heavy atom. The van der Waals surface area contributed by atoms with Crippen LogP contribution in [0.2, 0.25) is 0 Å². The topological polar surface area (TPSA) is 84.1 Å². The summed E-state index contributed by atoms with van der Waals surface area (Å²) in [7, 11) is 0. The molecular formula is C11H14N4O2. The highest BCUT2D eigenvalue weighted by Gasteiger charge is 2.13. The fourth-order valence-electron chi connectivity index (χ4n) is 1.38. The van der Waals surface area contributed by atoms with E-state index in [-0.39, 0.29) is 12.6 Å². The first-order valence-corrected chi connectivity index (χ1v) is 5.34. The van der Waals surface area contributed by atoms with Gasteiger partial charge >= 0.3 is 0 Å². The molecule has 0 bridgehead atoms. The zero-order valence-corrected chi connectivity index (χ0v) is 9.71. The summed E-state index contributed by atoms with van der Waals surface area (Å²) in [5, 5.41) is 15.8. The summed E-state index contributed by atoms with van der Waals surface area (Å²) < 4.78 is 5.10. The fraction of sp³-hybridized carbons (Fsp3) is 0.364. The van der Waals surface area contributed by atoms with Gasteiger partial charge < -0.3 is 14.9 Å². The summed E-state index contributed by atoms with van der Waals surface area (Å²) in [5.41, 5.74) is 0.730. The molecule has 0 aromatic carbocycles. The van der Waals surface area contributed by atoms with Crippen molar-refractivity contribution < 1.29 is 9.63 Å². The molecule has 1 atom stereocenters. The average molecular weight is 234 g/mol. The predicted molar refractivity (Wildman–Crippen MR) is 62.4 cm³/mol. The van der Waals surface area contributed by atoms with Crippen LogP contribution in [-0.2, 0) is 0 Å². The lowest BCUT2D eigenvalue weighted by Crippen LogP contribution is -2.20. The van der Waals surface area contributed by atoms with E-state index in [9.17, 15) is 0 Å². The zero-order chi connectivity index (χ0) is 12.3. The van der Waals surface area contributed by atoms with E-state index in [4.69, 9.17) is 9.63 Å². The third-order valence-electron chi connectivity index (χ3n) is 2.22. The summed E-state index contributed by atoms with van der Waals surface area (Å²) in [6.07, 6.45) is 1.67. The number of nitrogens with one attached hydrogen (secondary N) is 1. The first-order valence-electron chi connectivity index (χ1n) is 5.34. The van der Waals surface area contributed by atoms with Gasteiger partial charge in [-0.25, -0.2) is 4.98 Å². The minimum absolute atomic E-state index is 0.0267. The highest BCUT2D eigenvalue weighted by molar-refractivity contribution is 5.68. The van der Waals surface area contributed by atoms with Gasteiger partial charge in [-0.3, -0.25) is 0 Å². The number of hydrogen-bond donors (Lipinski definition) is 2. The first-order chi connectivity index (χ1) is 8.20. The van der Waals surface area contributed by atoms with Crippen molar-refractivity contribution in [1.29, 1.82) is 0 Å². The first kappa shape index (κ1) is 11.5. The molecule has 2 rings (SSSR count). The van der Waals surface area contributed by atoms with Gasteiger partial charge in [-0.05, 0) is 26.0 Å². The van der Waals surface area contributed by atoms with E-state index in [2.05, 4.69) is 20.4 Å². The Balaban J connectivity index is 2.33. The molecule has 2 heterocycles. The van der Waals surface area contributed by atoms with E-state index in [1.54, 1.807) is 19.2 Å². The molecule has 0 radical (unpaired) electrons. The maximum Gasteiger partial charge on any atom is 0.261 e. The Hall–Kier alpha value is -1.95. The summed E-state index contributed by atoms with van der Waals surface area (Å²) in [6.45, 7) is 3.64. The van der Waals surface area contributed by atoms with Gasteiger partial charge in [0.2, 0.25) is 0 Å². The second-order valence-corrected chi connectivity index (χ2v) is 3.77. The van der Waals surface area contributed by atoms with Gasteiger partial charge in [-0.15, -0.1) is 0 Å². The van der Waals surface area contributed by atoms with Crippen LogP contribution in [0.5, 0.6) is 0 Å². The van der Waals surface area contributed by atoms with Crippen molar-refractivity contribution in [3.63, 3.8) is 0 Å². The van der Waals surface area contributed by atoms with Gasteiger partial charge in [0.1, 0.15) is 5.82 Å². The van der Waals surface area contributed by atoms with Crippen molar-refractivity contribution in [3.05, 3.63) is 24.2 Å². The molecule has 6 heteroatoms. The molecule has 17 heavy (non-hydrogen) atoms. The molecule has 0 amide bonds.